The summed E-state index contributed by atoms with van der Waals surface area (Å²) in [4.78, 5) is 16.5. The Bertz CT molecular complexity index is 511. The van der Waals surface area contributed by atoms with Gasteiger partial charge in [-0.15, -0.1) is 0 Å². The predicted octanol–water partition coefficient (Wildman–Crippen LogP) is 3.22. The fraction of sp³-hybridized carbons (Fsp3) is 0.526. The van der Waals surface area contributed by atoms with Crippen molar-refractivity contribution in [2.75, 3.05) is 32.7 Å². The molecule has 23 heavy (non-hydrogen) atoms. The topological polar surface area (TPSA) is 35.6 Å². The van der Waals surface area contributed by atoms with Crippen LogP contribution < -0.4 is 5.32 Å². The predicted molar refractivity (Wildman–Crippen MR) is 96.4 cm³/mol. The van der Waals surface area contributed by atoms with Crippen LogP contribution in [0.4, 0.5) is 4.79 Å². The highest BCUT2D eigenvalue weighted by atomic mass is 16.2. The summed E-state index contributed by atoms with van der Waals surface area (Å²) in [6.45, 7) is 10.6. The van der Waals surface area contributed by atoms with E-state index in [-0.39, 0.29) is 11.6 Å². The molecule has 126 valence electrons. The van der Waals surface area contributed by atoms with Crippen LogP contribution in [0.1, 0.15) is 32.8 Å². The summed E-state index contributed by atoms with van der Waals surface area (Å²) in [7, 11) is 0. The van der Waals surface area contributed by atoms with Crippen molar-refractivity contribution in [2.45, 2.75) is 32.7 Å². The van der Waals surface area contributed by atoms with Gasteiger partial charge in [-0.2, -0.15) is 0 Å². The zero-order valence-corrected chi connectivity index (χ0v) is 14.6. The zero-order valence-electron chi connectivity index (χ0n) is 14.6. The SMILES string of the molecule is CC(C)(C)NC(=O)N1CCN(CC/C=C/c2ccccc2)CC1. The third kappa shape index (κ3) is 6.45. The summed E-state index contributed by atoms with van der Waals surface area (Å²) in [5, 5.41) is 3.03. The molecule has 1 aliphatic rings. The van der Waals surface area contributed by atoms with E-state index in [9.17, 15) is 4.79 Å². The second-order valence-corrected chi connectivity index (χ2v) is 7.11. The first-order chi connectivity index (χ1) is 10.9. The molecular weight excluding hydrogens is 286 g/mol. The molecule has 0 saturated carbocycles. The minimum atomic E-state index is -0.170. The molecule has 2 amide bonds. The number of piperazine rings is 1. The van der Waals surface area contributed by atoms with Crippen LogP contribution in [0.3, 0.4) is 0 Å². The lowest BCUT2D eigenvalue weighted by Gasteiger charge is -2.36. The second-order valence-electron chi connectivity index (χ2n) is 7.11. The molecule has 1 aliphatic heterocycles. The first kappa shape index (κ1) is 17.5. The Hall–Kier alpha value is -1.81. The van der Waals surface area contributed by atoms with Crippen LogP contribution in [0, 0.1) is 0 Å². The summed E-state index contributed by atoms with van der Waals surface area (Å²) < 4.78 is 0. The van der Waals surface area contributed by atoms with Gasteiger partial charge in [-0.05, 0) is 32.8 Å². The molecule has 4 nitrogen and oxygen atoms in total. The molecule has 4 heteroatoms. The van der Waals surface area contributed by atoms with E-state index in [1.807, 2.05) is 31.7 Å². The maximum Gasteiger partial charge on any atom is 0.317 e. The Kier molecular flexibility index (Phi) is 6.22. The summed E-state index contributed by atoms with van der Waals surface area (Å²) in [6, 6.07) is 10.4. The van der Waals surface area contributed by atoms with Crippen LogP contribution in [0.2, 0.25) is 0 Å². The van der Waals surface area contributed by atoms with Crippen LogP contribution in [0.25, 0.3) is 6.08 Å². The lowest BCUT2D eigenvalue weighted by molar-refractivity contribution is 0.136. The van der Waals surface area contributed by atoms with Gasteiger partial charge in [0.2, 0.25) is 0 Å². The fourth-order valence-corrected chi connectivity index (χ4v) is 2.62. The highest BCUT2D eigenvalue weighted by Crippen LogP contribution is 2.07. The molecule has 1 N–H and O–H groups in total. The van der Waals surface area contributed by atoms with Crippen LogP contribution >= 0.6 is 0 Å². The Balaban J connectivity index is 1.67. The molecule has 2 rings (SSSR count). The van der Waals surface area contributed by atoms with Crippen LogP contribution in [0.5, 0.6) is 0 Å². The second kappa shape index (κ2) is 8.16. The average molecular weight is 315 g/mol. The number of nitrogens with one attached hydrogen (secondary N) is 1. The van der Waals surface area contributed by atoms with Crippen molar-refractivity contribution in [1.29, 1.82) is 0 Å². The molecule has 1 aromatic rings. The van der Waals surface area contributed by atoms with Gasteiger partial charge in [0.15, 0.2) is 0 Å². The summed E-state index contributed by atoms with van der Waals surface area (Å²) in [6.07, 6.45) is 5.45. The van der Waals surface area contributed by atoms with Crippen molar-refractivity contribution in [3.63, 3.8) is 0 Å². The maximum absolute atomic E-state index is 12.1. The van der Waals surface area contributed by atoms with Crippen molar-refractivity contribution >= 4 is 12.1 Å². The van der Waals surface area contributed by atoms with Gasteiger partial charge >= 0.3 is 6.03 Å². The van der Waals surface area contributed by atoms with Crippen molar-refractivity contribution in [3.05, 3.63) is 42.0 Å². The number of benzene rings is 1. The van der Waals surface area contributed by atoms with E-state index in [2.05, 4.69) is 46.6 Å². The summed E-state index contributed by atoms with van der Waals surface area (Å²) in [5.41, 5.74) is 1.08. The van der Waals surface area contributed by atoms with Gasteiger partial charge in [0.05, 0.1) is 0 Å². The van der Waals surface area contributed by atoms with Gasteiger partial charge in [0, 0.05) is 38.3 Å². The molecule has 0 aromatic heterocycles. The fourth-order valence-electron chi connectivity index (χ4n) is 2.62. The Morgan fingerprint density at radius 2 is 1.78 bits per heavy atom. The lowest BCUT2D eigenvalue weighted by Crippen LogP contribution is -2.55. The van der Waals surface area contributed by atoms with Gasteiger partial charge in [-0.25, -0.2) is 4.79 Å². The normalized spacial score (nSPS) is 16.7. The first-order valence-corrected chi connectivity index (χ1v) is 8.45. The minimum Gasteiger partial charge on any atom is -0.333 e. The van der Waals surface area contributed by atoms with Crippen molar-refractivity contribution in [1.82, 2.24) is 15.1 Å². The van der Waals surface area contributed by atoms with E-state index in [0.29, 0.717) is 0 Å². The number of hydrogen-bond donors (Lipinski definition) is 1. The third-order valence-electron chi connectivity index (χ3n) is 3.86. The number of rotatable bonds is 4. The van der Waals surface area contributed by atoms with Crippen LogP contribution in [-0.4, -0.2) is 54.1 Å². The molecule has 0 bridgehead atoms. The first-order valence-electron chi connectivity index (χ1n) is 8.45. The van der Waals surface area contributed by atoms with Gasteiger partial charge in [-0.1, -0.05) is 42.5 Å². The van der Waals surface area contributed by atoms with Gasteiger partial charge in [-0.3, -0.25) is 4.90 Å². The highest BCUT2D eigenvalue weighted by Gasteiger charge is 2.23. The van der Waals surface area contributed by atoms with Crippen molar-refractivity contribution in [2.24, 2.45) is 0 Å². The smallest absolute Gasteiger partial charge is 0.317 e. The number of hydrogen-bond acceptors (Lipinski definition) is 2. The molecule has 1 fully saturated rings. The van der Waals surface area contributed by atoms with E-state index in [1.54, 1.807) is 0 Å². The molecule has 0 aliphatic carbocycles. The molecule has 1 aromatic carbocycles. The number of nitrogens with zero attached hydrogens (tertiary/aromatic N) is 2. The Morgan fingerprint density at radius 3 is 2.39 bits per heavy atom. The number of urea groups is 1. The van der Waals surface area contributed by atoms with Gasteiger partial charge in [0.25, 0.3) is 0 Å². The quantitative estimate of drug-likeness (QED) is 0.926. The van der Waals surface area contributed by atoms with E-state index in [1.165, 1.54) is 5.56 Å². The maximum atomic E-state index is 12.1. The van der Waals surface area contributed by atoms with Crippen LogP contribution in [-0.2, 0) is 0 Å². The highest BCUT2D eigenvalue weighted by molar-refractivity contribution is 5.75. The van der Waals surface area contributed by atoms with Gasteiger partial charge in [0.1, 0.15) is 0 Å². The van der Waals surface area contributed by atoms with E-state index in [4.69, 9.17) is 0 Å². The number of carbonyl (C=O) groups excluding carboxylic acids is 1. The van der Waals surface area contributed by atoms with Crippen LogP contribution in [0.15, 0.2) is 36.4 Å². The minimum absolute atomic E-state index is 0.0566. The summed E-state index contributed by atoms with van der Waals surface area (Å²) in [5.74, 6) is 0. The molecule has 0 unspecified atom stereocenters. The van der Waals surface area contributed by atoms with Crippen molar-refractivity contribution < 1.29 is 4.79 Å². The number of amides is 2. The largest absolute Gasteiger partial charge is 0.333 e. The van der Waals surface area contributed by atoms with Crippen molar-refractivity contribution in [3.8, 4) is 0 Å². The standard InChI is InChI=1S/C19H29N3O/c1-19(2,3)20-18(23)22-15-13-21(14-16-22)12-8-7-11-17-9-5-4-6-10-17/h4-7,9-11H,8,12-16H2,1-3H3,(H,20,23)/b11-7+. The van der Waals surface area contributed by atoms with E-state index >= 15 is 0 Å². The molecule has 1 heterocycles. The Morgan fingerprint density at radius 1 is 1.13 bits per heavy atom. The van der Waals surface area contributed by atoms with E-state index in [0.717, 1.165) is 39.1 Å². The molecule has 0 radical (unpaired) electrons. The average Bonchev–Trinajstić information content (AvgIpc) is 2.51. The molecule has 0 atom stereocenters. The third-order valence-corrected chi connectivity index (χ3v) is 3.86. The Labute approximate surface area is 140 Å². The zero-order chi connectivity index (χ0) is 16.7. The number of carbonyl (C=O) groups is 1. The van der Waals surface area contributed by atoms with Gasteiger partial charge < -0.3 is 10.2 Å². The monoisotopic (exact) mass is 315 g/mol. The molecule has 1 saturated heterocycles. The summed E-state index contributed by atoms with van der Waals surface area (Å²) >= 11 is 0. The molecule has 0 spiro atoms. The van der Waals surface area contributed by atoms with E-state index < -0.39 is 0 Å². The lowest BCUT2D eigenvalue weighted by atomic mass is 10.1. The molecular formula is C19H29N3O.